The minimum Gasteiger partial charge on any atom is -0.478 e. The van der Waals surface area contributed by atoms with Crippen molar-refractivity contribution < 1.29 is 19.4 Å². The van der Waals surface area contributed by atoms with E-state index < -0.39 is 12.1 Å². The van der Waals surface area contributed by atoms with Crippen molar-refractivity contribution in [3.8, 4) is 0 Å². The van der Waals surface area contributed by atoms with E-state index in [2.05, 4.69) is 5.32 Å². The molecule has 2 aromatic rings. The molecular formula is C17H16N2O4. The second kappa shape index (κ2) is 6.39. The van der Waals surface area contributed by atoms with Gasteiger partial charge in [0.1, 0.15) is 6.10 Å². The molecule has 0 radical (unpaired) electrons. The van der Waals surface area contributed by atoms with Gasteiger partial charge < -0.3 is 15.2 Å². The van der Waals surface area contributed by atoms with E-state index in [0.29, 0.717) is 18.8 Å². The first-order chi connectivity index (χ1) is 11.1. The van der Waals surface area contributed by atoms with E-state index in [1.807, 2.05) is 30.3 Å². The first-order valence-electron chi connectivity index (χ1n) is 7.24. The van der Waals surface area contributed by atoms with Gasteiger partial charge >= 0.3 is 12.1 Å². The lowest BCUT2D eigenvalue weighted by atomic mass is 10.1. The average Bonchev–Trinajstić information content (AvgIpc) is 2.95. The summed E-state index contributed by atoms with van der Waals surface area (Å²) >= 11 is 0. The fraction of sp³-hybridized carbons (Fsp3) is 0.176. The molecule has 6 heteroatoms. The molecular weight excluding hydrogens is 296 g/mol. The van der Waals surface area contributed by atoms with Crippen LogP contribution in [0.15, 0.2) is 54.6 Å². The highest BCUT2D eigenvalue weighted by molar-refractivity contribution is 5.94. The number of anilines is 2. The van der Waals surface area contributed by atoms with Crippen molar-refractivity contribution in [3.63, 3.8) is 0 Å². The third-order valence-corrected chi connectivity index (χ3v) is 3.62. The molecule has 2 N–H and O–H groups in total. The summed E-state index contributed by atoms with van der Waals surface area (Å²) < 4.78 is 5.33. The molecule has 0 aliphatic carbocycles. The van der Waals surface area contributed by atoms with E-state index in [1.54, 1.807) is 23.1 Å². The number of ether oxygens (including phenoxy) is 1. The lowest BCUT2D eigenvalue weighted by Crippen LogP contribution is -2.27. The third-order valence-electron chi connectivity index (χ3n) is 3.62. The van der Waals surface area contributed by atoms with Crippen LogP contribution >= 0.6 is 0 Å². The zero-order valence-electron chi connectivity index (χ0n) is 12.3. The van der Waals surface area contributed by atoms with Crippen LogP contribution in [0.1, 0.15) is 10.4 Å². The van der Waals surface area contributed by atoms with Crippen LogP contribution in [0.3, 0.4) is 0 Å². The van der Waals surface area contributed by atoms with E-state index in [0.717, 1.165) is 5.69 Å². The monoisotopic (exact) mass is 312 g/mol. The van der Waals surface area contributed by atoms with Gasteiger partial charge in [-0.3, -0.25) is 4.90 Å². The van der Waals surface area contributed by atoms with E-state index in [9.17, 15) is 9.59 Å². The summed E-state index contributed by atoms with van der Waals surface area (Å²) in [6.07, 6.45) is -0.737. The number of hydrogen-bond donors (Lipinski definition) is 2. The predicted octanol–water partition coefficient (Wildman–Crippen LogP) is 2.82. The quantitative estimate of drug-likeness (QED) is 0.887. The minimum atomic E-state index is -0.998. The molecule has 1 atom stereocenters. The molecule has 1 heterocycles. The Balaban J connectivity index is 1.65. The molecule has 1 amide bonds. The van der Waals surface area contributed by atoms with Crippen LogP contribution in [0.5, 0.6) is 0 Å². The topological polar surface area (TPSA) is 78.9 Å². The van der Waals surface area contributed by atoms with Crippen LogP contribution in [0.25, 0.3) is 0 Å². The maximum Gasteiger partial charge on any atom is 0.414 e. The summed E-state index contributed by atoms with van der Waals surface area (Å²) in [6.45, 7) is 0.768. The number of cyclic esters (lactones) is 1. The average molecular weight is 312 g/mol. The molecule has 1 unspecified atom stereocenters. The van der Waals surface area contributed by atoms with Crippen molar-refractivity contribution in [2.45, 2.75) is 6.10 Å². The van der Waals surface area contributed by atoms with Gasteiger partial charge in [-0.25, -0.2) is 9.59 Å². The number of carboxylic acid groups (broad SMARTS) is 1. The van der Waals surface area contributed by atoms with E-state index in [4.69, 9.17) is 9.84 Å². The van der Waals surface area contributed by atoms with Crippen molar-refractivity contribution in [2.24, 2.45) is 0 Å². The first-order valence-corrected chi connectivity index (χ1v) is 7.24. The maximum atomic E-state index is 12.0. The Hall–Kier alpha value is -3.02. The third kappa shape index (κ3) is 3.26. The fourth-order valence-corrected chi connectivity index (χ4v) is 2.49. The summed E-state index contributed by atoms with van der Waals surface area (Å²) in [4.78, 5) is 24.7. The highest BCUT2D eigenvalue weighted by Gasteiger charge is 2.32. The van der Waals surface area contributed by atoms with Crippen molar-refractivity contribution >= 4 is 23.4 Å². The number of rotatable bonds is 5. The number of nitrogens with one attached hydrogen (secondary N) is 1. The summed E-state index contributed by atoms with van der Waals surface area (Å²) in [7, 11) is 0. The van der Waals surface area contributed by atoms with E-state index >= 15 is 0 Å². The molecule has 0 bridgehead atoms. The first kappa shape index (κ1) is 14.9. The summed E-state index contributed by atoms with van der Waals surface area (Å²) in [5.41, 5.74) is 1.48. The lowest BCUT2D eigenvalue weighted by molar-refractivity contribution is 0.0697. The smallest absolute Gasteiger partial charge is 0.414 e. The number of carbonyl (C=O) groups is 2. The van der Waals surface area contributed by atoms with Gasteiger partial charge in [0.05, 0.1) is 18.7 Å². The van der Waals surface area contributed by atoms with Gasteiger partial charge in [-0.05, 0) is 24.3 Å². The zero-order valence-corrected chi connectivity index (χ0v) is 12.3. The second-order valence-corrected chi connectivity index (χ2v) is 5.18. The number of carbonyl (C=O) groups excluding carboxylic acids is 1. The summed E-state index contributed by atoms with van der Waals surface area (Å²) in [5.74, 6) is -0.998. The molecule has 1 aliphatic heterocycles. The largest absolute Gasteiger partial charge is 0.478 e. The van der Waals surface area contributed by atoms with Gasteiger partial charge in [0.25, 0.3) is 0 Å². The normalized spacial score (nSPS) is 17.0. The van der Waals surface area contributed by atoms with Crippen LogP contribution in [0, 0.1) is 0 Å². The fourth-order valence-electron chi connectivity index (χ4n) is 2.49. The predicted molar refractivity (Wildman–Crippen MR) is 85.9 cm³/mol. The van der Waals surface area contributed by atoms with Gasteiger partial charge in [-0.15, -0.1) is 0 Å². The lowest BCUT2D eigenvalue weighted by Gasteiger charge is -2.14. The molecule has 0 spiro atoms. The number of para-hydroxylation sites is 2. The summed E-state index contributed by atoms with van der Waals surface area (Å²) in [6, 6.07) is 15.9. The Morgan fingerprint density at radius 3 is 2.61 bits per heavy atom. The highest BCUT2D eigenvalue weighted by Crippen LogP contribution is 2.22. The molecule has 1 saturated heterocycles. The van der Waals surface area contributed by atoms with Crippen LogP contribution < -0.4 is 10.2 Å². The number of hydrogen-bond acceptors (Lipinski definition) is 4. The molecule has 0 saturated carbocycles. The van der Waals surface area contributed by atoms with Crippen molar-refractivity contribution in [1.82, 2.24) is 0 Å². The van der Waals surface area contributed by atoms with Crippen LogP contribution in [0.4, 0.5) is 16.2 Å². The number of carboxylic acids is 1. The molecule has 1 aliphatic rings. The number of aromatic carboxylic acids is 1. The van der Waals surface area contributed by atoms with Gasteiger partial charge in [-0.1, -0.05) is 30.3 Å². The molecule has 2 aromatic carbocycles. The molecule has 118 valence electrons. The number of benzene rings is 2. The van der Waals surface area contributed by atoms with Gasteiger partial charge in [0, 0.05) is 11.4 Å². The van der Waals surface area contributed by atoms with Gasteiger partial charge in [0.15, 0.2) is 0 Å². The minimum absolute atomic E-state index is 0.191. The molecule has 23 heavy (non-hydrogen) atoms. The Morgan fingerprint density at radius 2 is 1.87 bits per heavy atom. The number of amides is 1. The second-order valence-electron chi connectivity index (χ2n) is 5.18. The highest BCUT2D eigenvalue weighted by atomic mass is 16.6. The zero-order chi connectivity index (χ0) is 16.2. The number of nitrogens with zero attached hydrogens (tertiary/aromatic N) is 1. The van der Waals surface area contributed by atoms with Crippen molar-refractivity contribution in [1.29, 1.82) is 0 Å². The summed E-state index contributed by atoms with van der Waals surface area (Å²) in [5, 5.41) is 12.2. The van der Waals surface area contributed by atoms with E-state index in [1.165, 1.54) is 6.07 Å². The van der Waals surface area contributed by atoms with Crippen molar-refractivity contribution in [3.05, 3.63) is 60.2 Å². The van der Waals surface area contributed by atoms with Gasteiger partial charge in [0.2, 0.25) is 0 Å². The standard InChI is InChI=1S/C17H16N2O4/c20-16(21)14-8-4-5-9-15(14)18-10-13-11-19(17(22)23-13)12-6-2-1-3-7-12/h1-9,13,18H,10-11H2,(H,20,21). The Kier molecular flexibility index (Phi) is 4.14. The van der Waals surface area contributed by atoms with Crippen LogP contribution in [-0.4, -0.2) is 36.4 Å². The molecule has 0 aromatic heterocycles. The maximum absolute atomic E-state index is 12.0. The molecule has 6 nitrogen and oxygen atoms in total. The Labute approximate surface area is 133 Å². The Morgan fingerprint density at radius 1 is 1.17 bits per heavy atom. The van der Waals surface area contributed by atoms with Crippen molar-refractivity contribution in [2.75, 3.05) is 23.3 Å². The van der Waals surface area contributed by atoms with Gasteiger partial charge in [-0.2, -0.15) is 0 Å². The van der Waals surface area contributed by atoms with E-state index in [-0.39, 0.29) is 11.7 Å². The Bertz CT molecular complexity index is 718. The molecule has 3 rings (SSSR count). The van der Waals surface area contributed by atoms with Crippen LogP contribution in [0.2, 0.25) is 0 Å². The molecule has 1 fully saturated rings. The SMILES string of the molecule is O=C(O)c1ccccc1NCC1CN(c2ccccc2)C(=O)O1. The van der Waals surface area contributed by atoms with Crippen LogP contribution in [-0.2, 0) is 4.74 Å².